The Morgan fingerprint density at radius 1 is 0.636 bits per heavy atom. The predicted octanol–water partition coefficient (Wildman–Crippen LogP) is 4.95. The smallest absolute Gasteiger partial charge is 0.261 e. The SMILES string of the molecule is O=C(Nc1cccc(NS(=O)(=O)c2ccccc2)c1)c1ccc2c(c1)C(=O)c1ccccc1-2. The van der Waals surface area contributed by atoms with Crippen LogP contribution in [0.4, 0.5) is 11.4 Å². The number of benzene rings is 4. The van der Waals surface area contributed by atoms with Crippen LogP contribution in [0.25, 0.3) is 11.1 Å². The molecule has 33 heavy (non-hydrogen) atoms. The summed E-state index contributed by atoms with van der Waals surface area (Å²) in [7, 11) is -3.75. The van der Waals surface area contributed by atoms with Crippen molar-refractivity contribution in [3.05, 3.63) is 114 Å². The molecule has 4 aromatic rings. The van der Waals surface area contributed by atoms with E-state index in [2.05, 4.69) is 10.0 Å². The number of hydrogen-bond donors (Lipinski definition) is 2. The minimum absolute atomic E-state index is 0.104. The maximum Gasteiger partial charge on any atom is 0.261 e. The number of hydrogen-bond acceptors (Lipinski definition) is 4. The van der Waals surface area contributed by atoms with Gasteiger partial charge in [-0.25, -0.2) is 8.42 Å². The third kappa shape index (κ3) is 3.90. The average Bonchev–Trinajstić information content (AvgIpc) is 3.11. The number of nitrogens with one attached hydrogen (secondary N) is 2. The van der Waals surface area contributed by atoms with E-state index in [1.165, 1.54) is 18.2 Å². The molecular formula is C26H18N2O4S. The van der Waals surface area contributed by atoms with Crippen LogP contribution in [-0.4, -0.2) is 20.1 Å². The van der Waals surface area contributed by atoms with Gasteiger partial charge < -0.3 is 5.32 Å². The van der Waals surface area contributed by atoms with Gasteiger partial charge in [-0.2, -0.15) is 0 Å². The molecule has 162 valence electrons. The molecule has 1 amide bonds. The van der Waals surface area contributed by atoms with E-state index in [-0.39, 0.29) is 10.7 Å². The van der Waals surface area contributed by atoms with Crippen LogP contribution in [0.3, 0.4) is 0 Å². The van der Waals surface area contributed by atoms with Gasteiger partial charge in [-0.3, -0.25) is 14.3 Å². The second-order valence-corrected chi connectivity index (χ2v) is 9.27. The van der Waals surface area contributed by atoms with E-state index in [0.29, 0.717) is 28.1 Å². The van der Waals surface area contributed by atoms with Crippen molar-refractivity contribution in [3.8, 4) is 11.1 Å². The maximum absolute atomic E-state index is 12.9. The van der Waals surface area contributed by atoms with Crippen LogP contribution in [-0.2, 0) is 10.0 Å². The van der Waals surface area contributed by atoms with Crippen molar-refractivity contribution >= 4 is 33.1 Å². The molecule has 1 aliphatic carbocycles. The zero-order valence-electron chi connectivity index (χ0n) is 17.3. The van der Waals surface area contributed by atoms with Crippen molar-refractivity contribution in [3.63, 3.8) is 0 Å². The van der Waals surface area contributed by atoms with Crippen LogP contribution in [0.2, 0.25) is 0 Å². The highest BCUT2D eigenvalue weighted by Gasteiger charge is 2.27. The highest BCUT2D eigenvalue weighted by molar-refractivity contribution is 7.92. The summed E-state index contributed by atoms with van der Waals surface area (Å²) >= 11 is 0. The first-order chi connectivity index (χ1) is 15.9. The Bertz CT molecular complexity index is 1510. The molecule has 0 saturated heterocycles. The first kappa shape index (κ1) is 20.7. The van der Waals surface area contributed by atoms with E-state index in [1.807, 2.05) is 18.2 Å². The summed E-state index contributed by atoms with van der Waals surface area (Å²) in [6.07, 6.45) is 0. The van der Waals surface area contributed by atoms with Crippen LogP contribution >= 0.6 is 0 Å². The van der Waals surface area contributed by atoms with Gasteiger partial charge in [0.1, 0.15) is 0 Å². The zero-order chi connectivity index (χ0) is 23.0. The van der Waals surface area contributed by atoms with Gasteiger partial charge in [0.15, 0.2) is 5.78 Å². The second-order valence-electron chi connectivity index (χ2n) is 7.59. The lowest BCUT2D eigenvalue weighted by atomic mass is 10.0. The molecule has 0 atom stereocenters. The summed E-state index contributed by atoms with van der Waals surface area (Å²) in [5, 5.41) is 2.77. The third-order valence-corrected chi connectivity index (χ3v) is 6.81. The molecule has 7 heteroatoms. The topological polar surface area (TPSA) is 92.3 Å². The van der Waals surface area contributed by atoms with E-state index < -0.39 is 15.9 Å². The predicted molar refractivity (Wildman–Crippen MR) is 127 cm³/mol. The van der Waals surface area contributed by atoms with Gasteiger partial charge in [0, 0.05) is 22.4 Å². The monoisotopic (exact) mass is 454 g/mol. The highest BCUT2D eigenvalue weighted by Crippen LogP contribution is 2.36. The molecule has 0 spiro atoms. The molecule has 6 nitrogen and oxygen atoms in total. The molecule has 0 fully saturated rings. The summed E-state index contributed by atoms with van der Waals surface area (Å²) in [4.78, 5) is 25.7. The van der Waals surface area contributed by atoms with Gasteiger partial charge in [-0.15, -0.1) is 0 Å². The number of rotatable bonds is 5. The van der Waals surface area contributed by atoms with Gasteiger partial charge in [0.05, 0.1) is 10.6 Å². The lowest BCUT2D eigenvalue weighted by molar-refractivity contribution is 0.102. The Hall–Kier alpha value is -4.23. The van der Waals surface area contributed by atoms with Crippen molar-refractivity contribution in [2.24, 2.45) is 0 Å². The Balaban J connectivity index is 1.36. The van der Waals surface area contributed by atoms with Gasteiger partial charge >= 0.3 is 0 Å². The molecule has 1 aliphatic rings. The number of sulfonamides is 1. The van der Waals surface area contributed by atoms with Crippen molar-refractivity contribution < 1.29 is 18.0 Å². The standard InChI is InChI=1S/C26H18N2O4S/c29-25-23-12-5-4-11-21(23)22-14-13-17(15-24(22)25)26(30)27-18-7-6-8-19(16-18)28-33(31,32)20-9-2-1-3-10-20/h1-16,28H,(H,27,30). The number of carbonyl (C=O) groups excluding carboxylic acids is 2. The molecule has 0 aromatic heterocycles. The number of amides is 1. The molecule has 5 rings (SSSR count). The quantitative estimate of drug-likeness (QED) is 0.393. The molecule has 4 aromatic carbocycles. The fourth-order valence-corrected chi connectivity index (χ4v) is 4.92. The summed E-state index contributed by atoms with van der Waals surface area (Å²) in [6.45, 7) is 0. The third-order valence-electron chi connectivity index (χ3n) is 5.41. The summed E-state index contributed by atoms with van der Waals surface area (Å²) in [5.41, 5.74) is 3.87. The molecule has 0 aliphatic heterocycles. The number of carbonyl (C=O) groups is 2. The van der Waals surface area contributed by atoms with Crippen molar-refractivity contribution in [2.45, 2.75) is 4.90 Å². The first-order valence-corrected chi connectivity index (χ1v) is 11.7. The van der Waals surface area contributed by atoms with E-state index in [0.717, 1.165) is 11.1 Å². The fourth-order valence-electron chi connectivity index (χ4n) is 3.85. The molecule has 0 unspecified atom stereocenters. The zero-order valence-corrected chi connectivity index (χ0v) is 18.1. The normalized spacial score (nSPS) is 12.1. The van der Waals surface area contributed by atoms with Crippen molar-refractivity contribution in [1.82, 2.24) is 0 Å². The molecule has 2 N–H and O–H groups in total. The Kier molecular flexibility index (Phi) is 5.03. The second kappa shape index (κ2) is 8.03. The van der Waals surface area contributed by atoms with Crippen molar-refractivity contribution in [1.29, 1.82) is 0 Å². The largest absolute Gasteiger partial charge is 0.322 e. The fraction of sp³-hybridized carbons (Fsp3) is 0. The maximum atomic E-state index is 12.9. The molecule has 0 heterocycles. The molecular weight excluding hydrogens is 436 g/mol. The van der Waals surface area contributed by atoms with E-state index in [1.54, 1.807) is 60.7 Å². The van der Waals surface area contributed by atoms with Gasteiger partial charge in [0.2, 0.25) is 0 Å². The number of ketones is 1. The summed E-state index contributed by atoms with van der Waals surface area (Å²) in [5.74, 6) is -0.503. The molecule has 0 bridgehead atoms. The van der Waals surface area contributed by atoms with Crippen LogP contribution in [0.5, 0.6) is 0 Å². The first-order valence-electron chi connectivity index (χ1n) is 10.2. The van der Waals surface area contributed by atoms with Gasteiger partial charge in [-0.05, 0) is 53.6 Å². The van der Waals surface area contributed by atoms with Crippen LogP contribution < -0.4 is 10.0 Å². The van der Waals surface area contributed by atoms with E-state index in [9.17, 15) is 18.0 Å². The van der Waals surface area contributed by atoms with Gasteiger partial charge in [-0.1, -0.05) is 54.6 Å². The van der Waals surface area contributed by atoms with E-state index >= 15 is 0 Å². The summed E-state index contributed by atoms with van der Waals surface area (Å²) in [6, 6.07) is 26.9. The molecule has 0 radical (unpaired) electrons. The van der Waals surface area contributed by atoms with Gasteiger partial charge in [0.25, 0.3) is 15.9 Å². The van der Waals surface area contributed by atoms with Crippen LogP contribution in [0.15, 0.2) is 102 Å². The Morgan fingerprint density at radius 3 is 2.09 bits per heavy atom. The van der Waals surface area contributed by atoms with Crippen LogP contribution in [0.1, 0.15) is 26.3 Å². The average molecular weight is 455 g/mol. The lowest BCUT2D eigenvalue weighted by Gasteiger charge is -2.11. The van der Waals surface area contributed by atoms with E-state index in [4.69, 9.17) is 0 Å². The van der Waals surface area contributed by atoms with Crippen LogP contribution in [0, 0.1) is 0 Å². The lowest BCUT2D eigenvalue weighted by Crippen LogP contribution is -2.14. The molecule has 0 saturated carbocycles. The number of fused-ring (bicyclic) bond motifs is 3. The Labute approximate surface area is 191 Å². The van der Waals surface area contributed by atoms with Crippen molar-refractivity contribution in [2.75, 3.05) is 10.0 Å². The minimum Gasteiger partial charge on any atom is -0.322 e. The Morgan fingerprint density at radius 2 is 1.30 bits per heavy atom. The highest BCUT2D eigenvalue weighted by atomic mass is 32.2. The number of anilines is 2. The summed E-state index contributed by atoms with van der Waals surface area (Å²) < 4.78 is 27.6. The minimum atomic E-state index is -3.75.